The van der Waals surface area contributed by atoms with Crippen molar-refractivity contribution < 1.29 is 14.6 Å². The quantitative estimate of drug-likeness (QED) is 0.489. The number of benzene rings is 2. The predicted molar refractivity (Wildman–Crippen MR) is 105 cm³/mol. The second kappa shape index (κ2) is 8.02. The van der Waals surface area contributed by atoms with Gasteiger partial charge in [-0.25, -0.2) is 0 Å². The first-order valence-corrected chi connectivity index (χ1v) is 9.19. The second-order valence-corrected chi connectivity index (χ2v) is 6.93. The van der Waals surface area contributed by atoms with E-state index in [0.717, 1.165) is 35.1 Å². The Morgan fingerprint density at radius 3 is 2.69 bits per heavy atom. The molecule has 0 aliphatic heterocycles. The smallest absolute Gasteiger partial charge is 0.307 e. The van der Waals surface area contributed by atoms with Crippen LogP contribution < -0.4 is 4.74 Å². The van der Waals surface area contributed by atoms with Crippen LogP contribution >= 0.6 is 23.2 Å². The van der Waals surface area contributed by atoms with Crippen LogP contribution in [0.5, 0.6) is 5.75 Å². The van der Waals surface area contributed by atoms with Gasteiger partial charge in [-0.2, -0.15) is 0 Å². The fraction of sp³-hybridized carbons (Fsp3) is 0.250. The highest BCUT2D eigenvalue weighted by Crippen LogP contribution is 2.37. The van der Waals surface area contributed by atoms with Crippen LogP contribution in [0.4, 0.5) is 0 Å². The van der Waals surface area contributed by atoms with E-state index in [1.807, 2.05) is 18.2 Å². The summed E-state index contributed by atoms with van der Waals surface area (Å²) < 4.78 is 5.76. The van der Waals surface area contributed by atoms with Gasteiger partial charge in [-0.3, -0.25) is 4.79 Å². The minimum absolute atomic E-state index is 0.118. The lowest BCUT2D eigenvalue weighted by molar-refractivity contribution is -0.136. The number of H-pyrrole nitrogens is 1. The van der Waals surface area contributed by atoms with E-state index >= 15 is 0 Å². The Balaban J connectivity index is 2.11. The van der Waals surface area contributed by atoms with Gasteiger partial charge < -0.3 is 14.8 Å². The fourth-order valence-electron chi connectivity index (χ4n) is 2.91. The number of halogens is 2. The Hall–Kier alpha value is -2.17. The van der Waals surface area contributed by atoms with Crippen LogP contribution in [-0.2, 0) is 11.2 Å². The van der Waals surface area contributed by atoms with Crippen LogP contribution in [0.25, 0.3) is 22.2 Å². The summed E-state index contributed by atoms with van der Waals surface area (Å²) in [5, 5.41) is 11.2. The predicted octanol–water partition coefficient (Wildman–Crippen LogP) is 5.95. The average molecular weight is 392 g/mol. The van der Waals surface area contributed by atoms with Gasteiger partial charge in [0.2, 0.25) is 0 Å². The molecule has 136 valence electrons. The van der Waals surface area contributed by atoms with Gasteiger partial charge in [-0.05, 0) is 48.4 Å². The zero-order valence-corrected chi connectivity index (χ0v) is 15.8. The third-order valence-electron chi connectivity index (χ3n) is 4.17. The molecular formula is C20H19Cl2NO3. The second-order valence-electron chi connectivity index (χ2n) is 6.08. The van der Waals surface area contributed by atoms with Crippen molar-refractivity contribution in [3.8, 4) is 17.0 Å². The number of aromatic nitrogens is 1. The number of carbonyl (C=O) groups is 1. The summed E-state index contributed by atoms with van der Waals surface area (Å²) in [6.45, 7) is 2.74. The number of carboxylic acid groups (broad SMARTS) is 1. The largest absolute Gasteiger partial charge is 0.494 e. The molecule has 0 fully saturated rings. The molecule has 1 heterocycles. The van der Waals surface area contributed by atoms with Gasteiger partial charge in [0.1, 0.15) is 5.75 Å². The maximum atomic E-state index is 11.4. The van der Waals surface area contributed by atoms with Crippen LogP contribution in [-0.4, -0.2) is 22.7 Å². The van der Waals surface area contributed by atoms with Crippen LogP contribution in [0, 0.1) is 0 Å². The SMILES string of the molecule is CCCCOc1ccc2[nH]c(-c3ccc(Cl)cc3Cl)c(CC(=O)O)c2c1. The van der Waals surface area contributed by atoms with Gasteiger partial charge in [0.15, 0.2) is 0 Å². The summed E-state index contributed by atoms with van der Waals surface area (Å²) in [6.07, 6.45) is 1.90. The highest BCUT2D eigenvalue weighted by atomic mass is 35.5. The lowest BCUT2D eigenvalue weighted by Gasteiger charge is -2.07. The standard InChI is InChI=1S/C20H19Cl2NO3/c1-2-3-8-26-13-5-7-18-15(10-13)16(11-19(24)25)20(23-18)14-6-4-12(21)9-17(14)22/h4-7,9-10,23H,2-3,8,11H2,1H3,(H,24,25). The van der Waals surface area contributed by atoms with Gasteiger partial charge in [0.25, 0.3) is 0 Å². The van der Waals surface area contributed by atoms with Crippen molar-refractivity contribution in [1.82, 2.24) is 4.98 Å². The van der Waals surface area contributed by atoms with Crippen molar-refractivity contribution in [2.24, 2.45) is 0 Å². The lowest BCUT2D eigenvalue weighted by Crippen LogP contribution is -2.01. The zero-order chi connectivity index (χ0) is 18.7. The number of hydrogen-bond donors (Lipinski definition) is 2. The van der Waals surface area contributed by atoms with Crippen molar-refractivity contribution in [2.45, 2.75) is 26.2 Å². The minimum Gasteiger partial charge on any atom is -0.494 e. The molecule has 0 aliphatic carbocycles. The molecule has 3 aromatic rings. The number of aliphatic carboxylic acids is 1. The average Bonchev–Trinajstić information content (AvgIpc) is 2.92. The third-order valence-corrected chi connectivity index (χ3v) is 4.72. The first-order chi connectivity index (χ1) is 12.5. The Kier molecular flexibility index (Phi) is 5.74. The van der Waals surface area contributed by atoms with E-state index in [2.05, 4.69) is 11.9 Å². The molecular weight excluding hydrogens is 373 g/mol. The zero-order valence-electron chi connectivity index (χ0n) is 14.3. The first-order valence-electron chi connectivity index (χ1n) is 8.44. The number of rotatable bonds is 7. The molecule has 0 radical (unpaired) electrons. The molecule has 0 unspecified atom stereocenters. The minimum atomic E-state index is -0.908. The van der Waals surface area contributed by atoms with Crippen LogP contribution in [0.1, 0.15) is 25.3 Å². The van der Waals surface area contributed by atoms with Crippen LogP contribution in [0.3, 0.4) is 0 Å². The van der Waals surface area contributed by atoms with Crippen molar-refractivity contribution >= 4 is 40.1 Å². The Labute approximate surface area is 161 Å². The molecule has 2 N–H and O–H groups in total. The molecule has 26 heavy (non-hydrogen) atoms. The molecule has 6 heteroatoms. The Morgan fingerprint density at radius 2 is 2.00 bits per heavy atom. The fourth-order valence-corrected chi connectivity index (χ4v) is 3.41. The molecule has 0 aliphatic rings. The molecule has 0 amide bonds. The molecule has 3 rings (SSSR count). The molecule has 0 atom stereocenters. The molecule has 0 bridgehead atoms. The summed E-state index contributed by atoms with van der Waals surface area (Å²) >= 11 is 12.3. The number of hydrogen-bond acceptors (Lipinski definition) is 2. The lowest BCUT2D eigenvalue weighted by atomic mass is 10.0. The summed E-state index contributed by atoms with van der Waals surface area (Å²) in [5.74, 6) is -0.181. The number of carboxylic acids is 1. The Bertz CT molecular complexity index is 950. The molecule has 2 aromatic carbocycles. The van der Waals surface area contributed by atoms with E-state index in [1.165, 1.54) is 0 Å². The number of fused-ring (bicyclic) bond motifs is 1. The van der Waals surface area contributed by atoms with E-state index in [4.69, 9.17) is 27.9 Å². The van der Waals surface area contributed by atoms with Gasteiger partial charge in [0, 0.05) is 21.5 Å². The van der Waals surface area contributed by atoms with Gasteiger partial charge in [0.05, 0.1) is 23.7 Å². The molecule has 0 saturated carbocycles. The number of ether oxygens (including phenoxy) is 1. The third kappa shape index (κ3) is 3.97. The number of nitrogens with one attached hydrogen (secondary N) is 1. The van der Waals surface area contributed by atoms with Crippen molar-refractivity contribution in [3.63, 3.8) is 0 Å². The monoisotopic (exact) mass is 391 g/mol. The number of aromatic amines is 1. The summed E-state index contributed by atoms with van der Waals surface area (Å²) in [6, 6.07) is 10.8. The first kappa shape index (κ1) is 18.6. The van der Waals surface area contributed by atoms with E-state index in [-0.39, 0.29) is 6.42 Å². The van der Waals surface area contributed by atoms with Crippen molar-refractivity contribution in [3.05, 3.63) is 52.0 Å². The topological polar surface area (TPSA) is 62.3 Å². The number of unbranched alkanes of at least 4 members (excludes halogenated alkanes) is 1. The normalized spacial score (nSPS) is 11.0. The molecule has 1 aromatic heterocycles. The summed E-state index contributed by atoms with van der Waals surface area (Å²) in [7, 11) is 0. The maximum absolute atomic E-state index is 11.4. The van der Waals surface area contributed by atoms with Gasteiger partial charge in [-0.1, -0.05) is 36.5 Å². The maximum Gasteiger partial charge on any atom is 0.307 e. The Morgan fingerprint density at radius 1 is 1.19 bits per heavy atom. The van der Waals surface area contributed by atoms with Crippen molar-refractivity contribution in [1.29, 1.82) is 0 Å². The summed E-state index contributed by atoms with van der Waals surface area (Å²) in [5.41, 5.74) is 2.93. The highest BCUT2D eigenvalue weighted by Gasteiger charge is 2.18. The van der Waals surface area contributed by atoms with Crippen molar-refractivity contribution in [2.75, 3.05) is 6.61 Å². The van der Waals surface area contributed by atoms with Crippen LogP contribution in [0.15, 0.2) is 36.4 Å². The van der Waals surface area contributed by atoms with Gasteiger partial charge in [-0.15, -0.1) is 0 Å². The molecule has 0 spiro atoms. The summed E-state index contributed by atoms with van der Waals surface area (Å²) in [4.78, 5) is 14.7. The van der Waals surface area contributed by atoms with E-state index in [9.17, 15) is 9.90 Å². The molecule has 4 nitrogen and oxygen atoms in total. The molecule has 0 saturated heterocycles. The van der Waals surface area contributed by atoms with E-state index in [1.54, 1.807) is 18.2 Å². The van der Waals surface area contributed by atoms with Gasteiger partial charge >= 0.3 is 5.97 Å². The highest BCUT2D eigenvalue weighted by molar-refractivity contribution is 6.36. The van der Waals surface area contributed by atoms with Crippen LogP contribution in [0.2, 0.25) is 10.0 Å². The van der Waals surface area contributed by atoms with E-state index < -0.39 is 5.97 Å². The van der Waals surface area contributed by atoms with E-state index in [0.29, 0.717) is 27.9 Å².